The number of ketones is 1. The van der Waals surface area contributed by atoms with E-state index in [-0.39, 0.29) is 11.7 Å². The van der Waals surface area contributed by atoms with Crippen LogP contribution in [0.2, 0.25) is 0 Å². The van der Waals surface area contributed by atoms with Crippen molar-refractivity contribution in [2.75, 3.05) is 18.1 Å². The number of methoxy groups -OCH3 is 1. The molecule has 3 aromatic rings. The molecule has 6 nitrogen and oxygen atoms in total. The van der Waals surface area contributed by atoms with Gasteiger partial charge in [-0.3, -0.25) is 9.52 Å². The van der Waals surface area contributed by atoms with Gasteiger partial charge in [0.15, 0.2) is 0 Å². The van der Waals surface area contributed by atoms with Crippen LogP contribution in [0.3, 0.4) is 0 Å². The molecule has 1 N–H and O–H groups in total. The third-order valence-corrected chi connectivity index (χ3v) is 6.20. The fourth-order valence-electron chi connectivity index (χ4n) is 3.94. The number of fused-ring (bicyclic) bond motifs is 1. The third-order valence-electron chi connectivity index (χ3n) is 5.23. The van der Waals surface area contributed by atoms with Crippen molar-refractivity contribution in [1.82, 2.24) is 4.57 Å². The van der Waals surface area contributed by atoms with Gasteiger partial charge in [-0.05, 0) is 54.4 Å². The van der Waals surface area contributed by atoms with Gasteiger partial charge in [0.05, 0.1) is 24.7 Å². The second kappa shape index (κ2) is 7.81. The van der Waals surface area contributed by atoms with Crippen molar-refractivity contribution in [3.8, 4) is 5.75 Å². The Morgan fingerprint density at radius 3 is 2.47 bits per heavy atom. The first-order chi connectivity index (χ1) is 14.3. The number of hydrogen-bond acceptors (Lipinski definition) is 4. The highest BCUT2D eigenvalue weighted by atomic mass is 35.5. The van der Waals surface area contributed by atoms with Crippen molar-refractivity contribution in [3.63, 3.8) is 0 Å². The molecule has 0 saturated heterocycles. The summed E-state index contributed by atoms with van der Waals surface area (Å²) in [7, 11) is -1.85. The molecule has 2 heterocycles. The number of para-hydroxylation sites is 1. The van der Waals surface area contributed by atoms with Gasteiger partial charge in [-0.1, -0.05) is 29.8 Å². The topological polar surface area (TPSA) is 77.4 Å². The summed E-state index contributed by atoms with van der Waals surface area (Å²) in [5.41, 5.74) is 2.87. The number of ether oxygens (including phenoxy) is 1. The lowest BCUT2D eigenvalue weighted by Crippen LogP contribution is -2.12. The largest absolute Gasteiger partial charge is 0.497 e. The van der Waals surface area contributed by atoms with Gasteiger partial charge in [0.25, 0.3) is 0 Å². The Labute approximate surface area is 180 Å². The van der Waals surface area contributed by atoms with Gasteiger partial charge in [0, 0.05) is 17.2 Å². The van der Waals surface area contributed by atoms with E-state index in [1.54, 1.807) is 49.6 Å². The minimum atomic E-state index is -3.42. The van der Waals surface area contributed by atoms with Crippen molar-refractivity contribution in [3.05, 3.63) is 83.2 Å². The van der Waals surface area contributed by atoms with Gasteiger partial charge in [-0.15, -0.1) is 0 Å². The number of hydrogen-bond donors (Lipinski definition) is 1. The molecule has 0 amide bonds. The number of nitrogens with one attached hydrogen (secondary N) is 1. The Bertz CT molecular complexity index is 1200. The molecule has 0 bridgehead atoms. The van der Waals surface area contributed by atoms with E-state index < -0.39 is 15.5 Å². The summed E-state index contributed by atoms with van der Waals surface area (Å²) >= 11 is 6.65. The fraction of sp³-hybridized carbons (Fsp3) is 0.227. The average molecular weight is 445 g/mol. The van der Waals surface area contributed by atoms with Crippen LogP contribution in [0.25, 0.3) is 0 Å². The maximum Gasteiger partial charge on any atom is 0.229 e. The molecule has 0 fully saturated rings. The smallest absolute Gasteiger partial charge is 0.229 e. The van der Waals surface area contributed by atoms with Crippen LogP contribution in [0.4, 0.5) is 5.69 Å². The normalized spacial score (nSPS) is 18.1. The molecule has 1 aliphatic heterocycles. The van der Waals surface area contributed by atoms with Crippen LogP contribution in [0.1, 0.15) is 45.1 Å². The van der Waals surface area contributed by atoms with Crippen LogP contribution in [0, 0.1) is 0 Å². The van der Waals surface area contributed by atoms with E-state index in [9.17, 15) is 13.2 Å². The van der Waals surface area contributed by atoms with Gasteiger partial charge < -0.3 is 9.30 Å². The Balaban J connectivity index is 1.72. The maximum absolute atomic E-state index is 13.1. The van der Waals surface area contributed by atoms with E-state index >= 15 is 0 Å². The maximum atomic E-state index is 13.1. The second-order valence-electron chi connectivity index (χ2n) is 7.26. The molecule has 2 atom stereocenters. The van der Waals surface area contributed by atoms with Gasteiger partial charge >= 0.3 is 0 Å². The van der Waals surface area contributed by atoms with Crippen molar-refractivity contribution >= 4 is 33.1 Å². The minimum absolute atomic E-state index is 0.127. The number of halogens is 1. The first-order valence-electron chi connectivity index (χ1n) is 9.39. The highest BCUT2D eigenvalue weighted by Crippen LogP contribution is 2.46. The Morgan fingerprint density at radius 2 is 1.80 bits per heavy atom. The summed E-state index contributed by atoms with van der Waals surface area (Å²) in [5.74, 6) is 0.422. The molecule has 4 rings (SSSR count). The van der Waals surface area contributed by atoms with Crippen molar-refractivity contribution < 1.29 is 17.9 Å². The molecule has 156 valence electrons. The zero-order chi connectivity index (χ0) is 21.5. The van der Waals surface area contributed by atoms with Crippen LogP contribution in [-0.2, 0) is 10.0 Å². The molecular weight excluding hydrogens is 424 g/mol. The Kier molecular flexibility index (Phi) is 5.34. The van der Waals surface area contributed by atoms with E-state index in [0.717, 1.165) is 17.5 Å². The highest BCUT2D eigenvalue weighted by Gasteiger charge is 2.35. The van der Waals surface area contributed by atoms with E-state index in [1.807, 2.05) is 22.8 Å². The number of carbonyl (C=O) groups excluding carboxylic acids is 1. The summed E-state index contributed by atoms with van der Waals surface area (Å²) in [6, 6.07) is 17.9. The fourth-order valence-corrected chi connectivity index (χ4v) is 4.92. The lowest BCUT2D eigenvalue weighted by atomic mass is 9.93. The summed E-state index contributed by atoms with van der Waals surface area (Å²) in [5, 5.41) is 0. The molecule has 2 aromatic carbocycles. The lowest BCUT2D eigenvalue weighted by Gasteiger charge is -2.16. The van der Waals surface area contributed by atoms with E-state index in [2.05, 4.69) is 4.72 Å². The number of aromatic nitrogens is 1. The van der Waals surface area contributed by atoms with Crippen molar-refractivity contribution in [1.29, 1.82) is 0 Å². The Morgan fingerprint density at radius 1 is 1.10 bits per heavy atom. The third kappa shape index (κ3) is 3.82. The molecule has 0 aliphatic carbocycles. The summed E-state index contributed by atoms with van der Waals surface area (Å²) in [6.45, 7) is 0. The van der Waals surface area contributed by atoms with Gasteiger partial charge in [0.1, 0.15) is 11.3 Å². The number of rotatable bonds is 6. The predicted molar refractivity (Wildman–Crippen MR) is 117 cm³/mol. The first-order valence-corrected chi connectivity index (χ1v) is 11.7. The lowest BCUT2D eigenvalue weighted by molar-refractivity contribution is 0.103. The van der Waals surface area contributed by atoms with Crippen LogP contribution < -0.4 is 9.46 Å². The second-order valence-corrected chi connectivity index (χ2v) is 9.51. The standard InChI is InChI=1S/C22H21ClN2O4S/c1-29-15-9-7-14(8-10-15)22(26)20-12-11-19-17(13-21(23)25(19)20)16-5-3-4-6-18(16)24-30(2,27)28/h3-12,17,21,24H,13H2,1-2H3. The predicted octanol–water partition coefficient (Wildman–Crippen LogP) is 4.37. The molecule has 0 saturated carbocycles. The van der Waals surface area contributed by atoms with Crippen LogP contribution in [0.15, 0.2) is 60.7 Å². The monoisotopic (exact) mass is 444 g/mol. The van der Waals surface area contributed by atoms with Crippen molar-refractivity contribution in [2.45, 2.75) is 17.8 Å². The van der Waals surface area contributed by atoms with E-state index in [0.29, 0.717) is 29.1 Å². The summed E-state index contributed by atoms with van der Waals surface area (Å²) in [6.07, 6.45) is 1.68. The summed E-state index contributed by atoms with van der Waals surface area (Å²) < 4.78 is 33.1. The van der Waals surface area contributed by atoms with Crippen molar-refractivity contribution in [2.24, 2.45) is 0 Å². The highest BCUT2D eigenvalue weighted by molar-refractivity contribution is 7.92. The van der Waals surface area contributed by atoms with E-state index in [4.69, 9.17) is 16.3 Å². The van der Waals surface area contributed by atoms with Crippen LogP contribution in [-0.4, -0.2) is 32.1 Å². The molecular formula is C22H21ClN2O4S. The van der Waals surface area contributed by atoms with Crippen LogP contribution in [0.5, 0.6) is 5.75 Å². The number of alkyl halides is 1. The SMILES string of the molecule is COc1ccc(C(=O)c2ccc3n2C(Cl)CC3c2ccccc2NS(C)(=O)=O)cc1. The Hall–Kier alpha value is -2.77. The zero-order valence-corrected chi connectivity index (χ0v) is 18.1. The number of benzene rings is 2. The zero-order valence-electron chi connectivity index (χ0n) is 16.5. The van der Waals surface area contributed by atoms with Crippen LogP contribution >= 0.6 is 11.6 Å². The molecule has 1 aliphatic rings. The first kappa shape index (κ1) is 20.5. The molecule has 0 spiro atoms. The van der Waals surface area contributed by atoms with E-state index in [1.165, 1.54) is 0 Å². The van der Waals surface area contributed by atoms with Gasteiger partial charge in [0.2, 0.25) is 15.8 Å². The molecule has 0 radical (unpaired) electrons. The van der Waals surface area contributed by atoms with Gasteiger partial charge in [-0.25, -0.2) is 8.42 Å². The number of sulfonamides is 1. The quantitative estimate of drug-likeness (QED) is 0.452. The number of nitrogens with zero attached hydrogens (tertiary/aromatic N) is 1. The number of carbonyl (C=O) groups is 1. The minimum Gasteiger partial charge on any atom is -0.497 e. The molecule has 30 heavy (non-hydrogen) atoms. The molecule has 8 heteroatoms. The number of anilines is 1. The summed E-state index contributed by atoms with van der Waals surface area (Å²) in [4.78, 5) is 13.1. The van der Waals surface area contributed by atoms with Gasteiger partial charge in [-0.2, -0.15) is 0 Å². The molecule has 2 unspecified atom stereocenters. The molecule has 1 aromatic heterocycles. The average Bonchev–Trinajstić information content (AvgIpc) is 3.28.